The van der Waals surface area contributed by atoms with Crippen molar-refractivity contribution in [2.75, 3.05) is 32.8 Å². The van der Waals surface area contributed by atoms with Crippen molar-refractivity contribution in [1.29, 1.82) is 0 Å². The number of amides is 2. The Kier molecular flexibility index (Phi) is 5.29. The van der Waals surface area contributed by atoms with E-state index < -0.39 is 0 Å². The summed E-state index contributed by atoms with van der Waals surface area (Å²) < 4.78 is 11.9. The smallest absolute Gasteiger partial charge is 0.409 e. The van der Waals surface area contributed by atoms with Gasteiger partial charge in [0.15, 0.2) is 0 Å². The number of aromatic nitrogens is 2. The van der Waals surface area contributed by atoms with Gasteiger partial charge in [-0.1, -0.05) is 6.08 Å². The molecule has 0 bridgehead atoms. The first kappa shape index (κ1) is 18.7. The van der Waals surface area contributed by atoms with Crippen LogP contribution in [0.2, 0.25) is 0 Å². The minimum absolute atomic E-state index is 0.145. The van der Waals surface area contributed by atoms with Crippen molar-refractivity contribution < 1.29 is 18.7 Å². The van der Waals surface area contributed by atoms with E-state index in [-0.39, 0.29) is 40.8 Å². The van der Waals surface area contributed by atoms with Crippen LogP contribution in [0.1, 0.15) is 23.0 Å². The van der Waals surface area contributed by atoms with E-state index in [1.54, 1.807) is 29.7 Å². The highest BCUT2D eigenvalue weighted by atomic mass is 16.6. The number of piperazine rings is 1. The third-order valence-electron chi connectivity index (χ3n) is 4.49. The zero-order valence-electron chi connectivity index (χ0n) is 15.4. The molecule has 27 heavy (non-hydrogen) atoms. The summed E-state index contributed by atoms with van der Waals surface area (Å²) in [6.45, 7) is 9.05. The number of ether oxygens (including phenoxy) is 1. The van der Waals surface area contributed by atoms with Gasteiger partial charge in [0, 0.05) is 32.7 Å². The van der Waals surface area contributed by atoms with Crippen molar-refractivity contribution in [2.24, 2.45) is 0 Å². The van der Waals surface area contributed by atoms with E-state index in [1.165, 1.54) is 10.9 Å². The van der Waals surface area contributed by atoms with E-state index in [0.29, 0.717) is 38.5 Å². The van der Waals surface area contributed by atoms with Crippen molar-refractivity contribution >= 4 is 23.1 Å². The van der Waals surface area contributed by atoms with Crippen LogP contribution >= 0.6 is 0 Å². The molecule has 9 nitrogen and oxygen atoms in total. The van der Waals surface area contributed by atoms with E-state index in [9.17, 15) is 14.4 Å². The number of allylic oxidation sites excluding steroid dienone is 1. The van der Waals surface area contributed by atoms with Crippen LogP contribution in [0, 0.1) is 6.92 Å². The lowest BCUT2D eigenvalue weighted by Crippen LogP contribution is -2.50. The molecule has 1 fully saturated rings. The summed E-state index contributed by atoms with van der Waals surface area (Å²) in [4.78, 5) is 44.9. The number of hydrogen-bond donors (Lipinski definition) is 0. The number of hydrogen-bond acceptors (Lipinski definition) is 6. The fourth-order valence-electron chi connectivity index (χ4n) is 3.13. The van der Waals surface area contributed by atoms with Gasteiger partial charge in [-0.3, -0.25) is 14.2 Å². The van der Waals surface area contributed by atoms with Gasteiger partial charge >= 0.3 is 6.09 Å². The molecule has 0 unspecified atom stereocenters. The molecule has 1 aliphatic rings. The van der Waals surface area contributed by atoms with Crippen molar-refractivity contribution in [3.05, 3.63) is 40.7 Å². The minimum atomic E-state index is -0.383. The maximum Gasteiger partial charge on any atom is 0.409 e. The van der Waals surface area contributed by atoms with Crippen LogP contribution < -0.4 is 5.56 Å². The van der Waals surface area contributed by atoms with E-state index in [0.717, 1.165) is 0 Å². The Morgan fingerprint density at radius 2 is 1.96 bits per heavy atom. The third kappa shape index (κ3) is 3.44. The highest BCUT2D eigenvalue weighted by Crippen LogP contribution is 2.23. The number of rotatable bonds is 4. The summed E-state index contributed by atoms with van der Waals surface area (Å²) in [5, 5.41) is 0.176. The molecular formula is C18H22N4O5. The molecule has 0 radical (unpaired) electrons. The number of fused-ring (bicyclic) bond motifs is 1. The van der Waals surface area contributed by atoms with Gasteiger partial charge in [-0.05, 0) is 13.8 Å². The standard InChI is InChI=1S/C18H22N4O5/c1-4-6-22-11-19-15-14(17(22)24)13(12(3)27-15)16(23)20-7-9-21(10-8-20)18(25)26-5-2/h4,11H,1,5-10H2,2-3H3. The summed E-state index contributed by atoms with van der Waals surface area (Å²) in [6, 6.07) is 0. The molecule has 0 aliphatic carbocycles. The van der Waals surface area contributed by atoms with Crippen LogP contribution in [0.25, 0.3) is 11.1 Å². The maximum atomic E-state index is 13.1. The van der Waals surface area contributed by atoms with Gasteiger partial charge in [-0.15, -0.1) is 6.58 Å². The van der Waals surface area contributed by atoms with E-state index in [2.05, 4.69) is 11.6 Å². The predicted octanol–water partition coefficient (Wildman–Crippen LogP) is 1.40. The number of aryl methyl sites for hydroxylation is 1. The van der Waals surface area contributed by atoms with Gasteiger partial charge < -0.3 is 19.0 Å². The van der Waals surface area contributed by atoms with Crippen molar-refractivity contribution in [3.63, 3.8) is 0 Å². The largest absolute Gasteiger partial charge is 0.450 e. The highest BCUT2D eigenvalue weighted by Gasteiger charge is 2.30. The van der Waals surface area contributed by atoms with Crippen LogP contribution in [0.15, 0.2) is 28.2 Å². The summed E-state index contributed by atoms with van der Waals surface area (Å²) >= 11 is 0. The number of nitrogens with zero attached hydrogens (tertiary/aromatic N) is 4. The van der Waals surface area contributed by atoms with Crippen molar-refractivity contribution in [1.82, 2.24) is 19.4 Å². The summed E-state index contributed by atoms with van der Waals surface area (Å²) in [5.41, 5.74) is 0.0297. The molecular weight excluding hydrogens is 352 g/mol. The second-order valence-electron chi connectivity index (χ2n) is 6.18. The molecule has 0 N–H and O–H groups in total. The Hall–Kier alpha value is -3.10. The number of carbonyl (C=O) groups excluding carboxylic acids is 2. The Morgan fingerprint density at radius 3 is 2.59 bits per heavy atom. The monoisotopic (exact) mass is 374 g/mol. The Bertz CT molecular complexity index is 937. The van der Waals surface area contributed by atoms with Crippen molar-refractivity contribution in [2.45, 2.75) is 20.4 Å². The van der Waals surface area contributed by atoms with Gasteiger partial charge in [0.2, 0.25) is 5.71 Å². The van der Waals surface area contributed by atoms with E-state index in [4.69, 9.17) is 9.15 Å². The molecule has 3 heterocycles. The number of furan rings is 1. The zero-order valence-corrected chi connectivity index (χ0v) is 15.4. The van der Waals surface area contributed by atoms with E-state index in [1.807, 2.05) is 0 Å². The second kappa shape index (κ2) is 7.65. The lowest BCUT2D eigenvalue weighted by atomic mass is 10.1. The summed E-state index contributed by atoms with van der Waals surface area (Å²) in [5.74, 6) is 0.0498. The van der Waals surface area contributed by atoms with Crippen molar-refractivity contribution in [3.8, 4) is 0 Å². The molecule has 0 aromatic carbocycles. The van der Waals surface area contributed by atoms with Crippen LogP contribution in [-0.2, 0) is 11.3 Å². The highest BCUT2D eigenvalue weighted by molar-refractivity contribution is 6.06. The van der Waals surface area contributed by atoms with Gasteiger partial charge in [0.25, 0.3) is 11.5 Å². The Balaban J connectivity index is 1.87. The molecule has 0 saturated carbocycles. The maximum absolute atomic E-state index is 13.1. The van der Waals surface area contributed by atoms with Crippen LogP contribution in [-0.4, -0.2) is 64.1 Å². The molecule has 1 saturated heterocycles. The van der Waals surface area contributed by atoms with Crippen LogP contribution in [0.4, 0.5) is 4.79 Å². The molecule has 2 aromatic rings. The molecule has 1 aliphatic heterocycles. The SMILES string of the molecule is C=CCn1cnc2oc(C)c(C(=O)N3CCN(C(=O)OCC)CC3)c2c1=O. The Morgan fingerprint density at radius 1 is 1.30 bits per heavy atom. The first-order valence-electron chi connectivity index (χ1n) is 8.78. The quantitative estimate of drug-likeness (QED) is 0.751. The lowest BCUT2D eigenvalue weighted by molar-refractivity contribution is 0.0570. The first-order chi connectivity index (χ1) is 13.0. The van der Waals surface area contributed by atoms with Crippen LogP contribution in [0.5, 0.6) is 0 Å². The molecule has 2 amide bonds. The molecule has 3 rings (SSSR count). The molecule has 2 aromatic heterocycles. The summed E-state index contributed by atoms with van der Waals surface area (Å²) in [7, 11) is 0. The van der Waals surface area contributed by atoms with Crippen LogP contribution in [0.3, 0.4) is 0 Å². The molecule has 0 atom stereocenters. The summed E-state index contributed by atoms with van der Waals surface area (Å²) in [6.07, 6.45) is 2.57. The fraction of sp³-hybridized carbons (Fsp3) is 0.444. The molecule has 144 valence electrons. The minimum Gasteiger partial charge on any atom is -0.450 e. The average Bonchev–Trinajstić information content (AvgIpc) is 3.00. The molecule has 9 heteroatoms. The van der Waals surface area contributed by atoms with Gasteiger partial charge in [0.05, 0.1) is 12.2 Å². The van der Waals surface area contributed by atoms with E-state index >= 15 is 0 Å². The second-order valence-corrected chi connectivity index (χ2v) is 6.18. The Labute approximate surface area is 155 Å². The fourth-order valence-corrected chi connectivity index (χ4v) is 3.13. The van der Waals surface area contributed by atoms with Gasteiger partial charge in [0.1, 0.15) is 17.5 Å². The zero-order chi connectivity index (χ0) is 19.6. The third-order valence-corrected chi connectivity index (χ3v) is 4.49. The normalized spacial score (nSPS) is 14.4. The topological polar surface area (TPSA) is 97.9 Å². The number of carbonyl (C=O) groups is 2. The van der Waals surface area contributed by atoms with Gasteiger partial charge in [-0.25, -0.2) is 9.78 Å². The van der Waals surface area contributed by atoms with Gasteiger partial charge in [-0.2, -0.15) is 0 Å². The predicted molar refractivity (Wildman–Crippen MR) is 97.7 cm³/mol. The lowest BCUT2D eigenvalue weighted by Gasteiger charge is -2.34. The molecule has 0 spiro atoms. The average molecular weight is 374 g/mol. The first-order valence-corrected chi connectivity index (χ1v) is 8.78.